The van der Waals surface area contributed by atoms with E-state index in [1.54, 1.807) is 0 Å². The highest BCUT2D eigenvalue weighted by atomic mass is 79.9. The number of Topliss-reactive ketones (excluding diaryl/α,β-unsaturated/α-hetero) is 1. The molecule has 1 aromatic rings. The number of rotatable bonds is 2. The molecule has 1 aliphatic carbocycles. The van der Waals surface area contributed by atoms with Crippen molar-refractivity contribution in [3.8, 4) is 0 Å². The number of halogens is 2. The van der Waals surface area contributed by atoms with Crippen molar-refractivity contribution in [2.24, 2.45) is 5.92 Å². The Morgan fingerprint density at radius 1 is 1.46 bits per heavy atom. The summed E-state index contributed by atoms with van der Waals surface area (Å²) in [6.45, 7) is 0. The zero-order chi connectivity index (χ0) is 9.42. The molecule has 1 nitrogen and oxygen atoms in total. The van der Waals surface area contributed by atoms with Gasteiger partial charge >= 0.3 is 0 Å². The molecule has 0 aromatic carbocycles. The molecule has 0 aliphatic heterocycles. The SMILES string of the molecule is O=C(c1scc(Br)c1Br)C1CCC1. The smallest absolute Gasteiger partial charge is 0.177 e. The minimum atomic E-state index is 0.293. The summed E-state index contributed by atoms with van der Waals surface area (Å²) in [6, 6.07) is 0. The summed E-state index contributed by atoms with van der Waals surface area (Å²) in [5.74, 6) is 0.607. The quantitative estimate of drug-likeness (QED) is 0.743. The molecule has 0 spiro atoms. The fraction of sp³-hybridized carbons (Fsp3) is 0.444. The topological polar surface area (TPSA) is 17.1 Å². The van der Waals surface area contributed by atoms with Crippen LogP contribution in [0.3, 0.4) is 0 Å². The van der Waals surface area contributed by atoms with Crippen molar-refractivity contribution in [1.82, 2.24) is 0 Å². The Balaban J connectivity index is 2.24. The number of hydrogen-bond acceptors (Lipinski definition) is 2. The van der Waals surface area contributed by atoms with E-state index in [4.69, 9.17) is 0 Å². The molecule has 2 rings (SSSR count). The zero-order valence-corrected chi connectivity index (χ0v) is 10.8. The first kappa shape index (κ1) is 9.87. The second kappa shape index (κ2) is 3.83. The maximum atomic E-state index is 11.8. The molecule has 1 fully saturated rings. The predicted octanol–water partition coefficient (Wildman–Crippen LogP) is 4.26. The van der Waals surface area contributed by atoms with Gasteiger partial charge in [0.1, 0.15) is 0 Å². The van der Waals surface area contributed by atoms with Gasteiger partial charge in [-0.25, -0.2) is 0 Å². The van der Waals surface area contributed by atoms with Gasteiger partial charge < -0.3 is 0 Å². The Bertz CT molecular complexity index is 341. The number of thiophene rings is 1. The fourth-order valence-electron chi connectivity index (χ4n) is 1.34. The van der Waals surface area contributed by atoms with Crippen molar-refractivity contribution in [2.75, 3.05) is 0 Å². The van der Waals surface area contributed by atoms with E-state index >= 15 is 0 Å². The average molecular weight is 324 g/mol. The largest absolute Gasteiger partial charge is 0.293 e. The van der Waals surface area contributed by atoms with Gasteiger partial charge in [-0.15, -0.1) is 11.3 Å². The van der Waals surface area contributed by atoms with Crippen LogP contribution in [-0.4, -0.2) is 5.78 Å². The van der Waals surface area contributed by atoms with E-state index in [-0.39, 0.29) is 0 Å². The summed E-state index contributed by atoms with van der Waals surface area (Å²) in [5, 5.41) is 1.95. The minimum Gasteiger partial charge on any atom is -0.293 e. The number of ketones is 1. The summed E-state index contributed by atoms with van der Waals surface area (Å²) in [5.41, 5.74) is 0. The molecule has 1 heterocycles. The Hall–Kier alpha value is 0.330. The van der Waals surface area contributed by atoms with E-state index < -0.39 is 0 Å². The van der Waals surface area contributed by atoms with E-state index in [1.807, 2.05) is 5.38 Å². The van der Waals surface area contributed by atoms with Gasteiger partial charge in [0.05, 0.1) is 9.35 Å². The molecule has 13 heavy (non-hydrogen) atoms. The average Bonchev–Trinajstić information content (AvgIpc) is 2.29. The van der Waals surface area contributed by atoms with Gasteiger partial charge in [0.15, 0.2) is 5.78 Å². The van der Waals surface area contributed by atoms with Crippen molar-refractivity contribution in [3.05, 3.63) is 19.2 Å². The van der Waals surface area contributed by atoms with Crippen molar-refractivity contribution in [3.63, 3.8) is 0 Å². The van der Waals surface area contributed by atoms with Crippen molar-refractivity contribution in [1.29, 1.82) is 0 Å². The van der Waals surface area contributed by atoms with Crippen LogP contribution in [-0.2, 0) is 0 Å². The molecule has 0 bridgehead atoms. The third kappa shape index (κ3) is 1.76. The van der Waals surface area contributed by atoms with Gasteiger partial charge in [-0.3, -0.25) is 4.79 Å². The van der Waals surface area contributed by atoms with E-state index in [0.29, 0.717) is 11.7 Å². The Morgan fingerprint density at radius 3 is 2.54 bits per heavy atom. The normalized spacial score (nSPS) is 17.1. The van der Waals surface area contributed by atoms with Gasteiger partial charge in [0, 0.05) is 15.8 Å². The number of carbonyl (C=O) groups excluding carboxylic acids is 1. The van der Waals surface area contributed by atoms with Crippen LogP contribution in [0.25, 0.3) is 0 Å². The van der Waals surface area contributed by atoms with Crippen LogP contribution in [0.4, 0.5) is 0 Å². The molecule has 0 unspecified atom stereocenters. The van der Waals surface area contributed by atoms with Gasteiger partial charge in [-0.1, -0.05) is 6.42 Å². The monoisotopic (exact) mass is 322 g/mol. The Labute approximate surface area is 97.8 Å². The molecule has 1 aromatic heterocycles. The van der Waals surface area contributed by atoms with Gasteiger partial charge in [-0.05, 0) is 44.7 Å². The second-order valence-electron chi connectivity index (χ2n) is 3.22. The van der Waals surface area contributed by atoms with Crippen molar-refractivity contribution in [2.45, 2.75) is 19.3 Å². The first-order chi connectivity index (χ1) is 6.20. The van der Waals surface area contributed by atoms with Crippen LogP contribution in [0.2, 0.25) is 0 Å². The lowest BCUT2D eigenvalue weighted by atomic mass is 9.82. The van der Waals surface area contributed by atoms with Gasteiger partial charge in [0.2, 0.25) is 0 Å². The zero-order valence-electron chi connectivity index (χ0n) is 6.85. The minimum absolute atomic E-state index is 0.293. The summed E-state index contributed by atoms with van der Waals surface area (Å²) < 4.78 is 1.91. The molecular formula is C9H8Br2OS. The number of carbonyl (C=O) groups is 1. The Morgan fingerprint density at radius 2 is 2.15 bits per heavy atom. The summed E-state index contributed by atoms with van der Waals surface area (Å²) >= 11 is 8.32. The molecule has 0 saturated heterocycles. The van der Waals surface area contributed by atoms with Crippen LogP contribution >= 0.6 is 43.2 Å². The Kier molecular flexibility index (Phi) is 2.91. The second-order valence-corrected chi connectivity index (χ2v) is 5.75. The van der Waals surface area contributed by atoms with Crippen LogP contribution in [0.1, 0.15) is 28.9 Å². The third-order valence-corrected chi connectivity index (χ3v) is 5.93. The third-order valence-electron chi connectivity index (χ3n) is 2.39. The standard InChI is InChI=1S/C9H8Br2OS/c10-6-4-13-9(7(6)11)8(12)5-2-1-3-5/h4-5H,1-3H2. The van der Waals surface area contributed by atoms with Crippen LogP contribution in [0, 0.1) is 5.92 Å². The lowest BCUT2D eigenvalue weighted by Gasteiger charge is -2.23. The van der Waals surface area contributed by atoms with E-state index in [0.717, 1.165) is 26.7 Å². The molecule has 1 saturated carbocycles. The summed E-state index contributed by atoms with van der Waals surface area (Å²) in [7, 11) is 0. The first-order valence-electron chi connectivity index (χ1n) is 4.17. The van der Waals surface area contributed by atoms with Crippen LogP contribution in [0.5, 0.6) is 0 Å². The molecule has 0 N–H and O–H groups in total. The number of hydrogen-bond donors (Lipinski definition) is 0. The summed E-state index contributed by atoms with van der Waals surface area (Å²) in [4.78, 5) is 12.7. The summed E-state index contributed by atoms with van der Waals surface area (Å²) in [6.07, 6.45) is 3.35. The molecule has 70 valence electrons. The van der Waals surface area contributed by atoms with E-state index in [1.165, 1.54) is 17.8 Å². The van der Waals surface area contributed by atoms with Crippen LogP contribution < -0.4 is 0 Å². The van der Waals surface area contributed by atoms with Crippen LogP contribution in [0.15, 0.2) is 14.3 Å². The van der Waals surface area contributed by atoms with E-state index in [2.05, 4.69) is 31.9 Å². The maximum Gasteiger partial charge on any atom is 0.177 e. The highest BCUT2D eigenvalue weighted by Gasteiger charge is 2.28. The van der Waals surface area contributed by atoms with Crippen molar-refractivity contribution >= 4 is 49.0 Å². The fourth-order valence-corrected chi connectivity index (χ4v) is 3.53. The lowest BCUT2D eigenvalue weighted by Crippen LogP contribution is -2.21. The molecule has 0 radical (unpaired) electrons. The highest BCUT2D eigenvalue weighted by Crippen LogP contribution is 2.38. The predicted molar refractivity (Wildman–Crippen MR) is 61.4 cm³/mol. The molecule has 0 atom stereocenters. The van der Waals surface area contributed by atoms with E-state index in [9.17, 15) is 4.79 Å². The molecular weight excluding hydrogens is 316 g/mol. The van der Waals surface area contributed by atoms with Gasteiger partial charge in [0.25, 0.3) is 0 Å². The first-order valence-corrected chi connectivity index (χ1v) is 6.63. The molecule has 4 heteroatoms. The van der Waals surface area contributed by atoms with Crippen molar-refractivity contribution < 1.29 is 4.79 Å². The lowest BCUT2D eigenvalue weighted by molar-refractivity contribution is 0.0859. The van der Waals surface area contributed by atoms with Gasteiger partial charge in [-0.2, -0.15) is 0 Å². The highest BCUT2D eigenvalue weighted by molar-refractivity contribution is 9.13. The maximum absolute atomic E-state index is 11.8. The molecule has 1 aliphatic rings. The molecule has 0 amide bonds.